The number of hydrogen-bond donors (Lipinski definition) is 2. The topological polar surface area (TPSA) is 77.7 Å². The van der Waals surface area contributed by atoms with Crippen LogP contribution in [0.3, 0.4) is 0 Å². The van der Waals surface area contributed by atoms with E-state index in [4.69, 9.17) is 5.73 Å². The van der Waals surface area contributed by atoms with Crippen molar-refractivity contribution in [2.75, 3.05) is 57.5 Å². The summed E-state index contributed by atoms with van der Waals surface area (Å²) in [7, 11) is 4.11. The van der Waals surface area contributed by atoms with Crippen LogP contribution in [0.2, 0.25) is 0 Å². The molecule has 3 heterocycles. The SMILES string of the molecule is CN(C)Cc1cc(-c2cc(-c3ccc4c(c3)CCNC4=O)c(N)nc2F)ccc1N1CCN(C2CC2)CC1. The van der Waals surface area contributed by atoms with Crippen LogP contribution in [0.15, 0.2) is 42.5 Å². The number of benzene rings is 2. The Kier molecular flexibility index (Phi) is 6.53. The Morgan fingerprint density at radius 1 is 1.00 bits per heavy atom. The third-order valence-corrected chi connectivity index (χ3v) is 7.94. The van der Waals surface area contributed by atoms with Crippen molar-refractivity contribution in [1.82, 2.24) is 20.1 Å². The van der Waals surface area contributed by atoms with Gasteiger partial charge in [-0.1, -0.05) is 18.2 Å². The highest BCUT2D eigenvalue weighted by Crippen LogP contribution is 2.36. The second-order valence-electron chi connectivity index (χ2n) is 11.0. The van der Waals surface area contributed by atoms with Crippen LogP contribution >= 0.6 is 0 Å². The van der Waals surface area contributed by atoms with Gasteiger partial charge in [0.1, 0.15) is 5.82 Å². The molecule has 0 atom stereocenters. The van der Waals surface area contributed by atoms with E-state index >= 15 is 4.39 Å². The lowest BCUT2D eigenvalue weighted by Crippen LogP contribution is -2.47. The molecule has 8 heteroatoms. The molecule has 3 aromatic rings. The predicted molar refractivity (Wildman–Crippen MR) is 150 cm³/mol. The highest BCUT2D eigenvalue weighted by atomic mass is 19.1. The third-order valence-electron chi connectivity index (χ3n) is 7.94. The van der Waals surface area contributed by atoms with Crippen molar-refractivity contribution in [1.29, 1.82) is 0 Å². The fourth-order valence-corrected chi connectivity index (χ4v) is 5.83. The molecule has 0 radical (unpaired) electrons. The Balaban J connectivity index is 1.34. The molecule has 6 rings (SSSR count). The number of piperazine rings is 1. The van der Waals surface area contributed by atoms with Gasteiger partial charge in [0.05, 0.1) is 0 Å². The molecule has 2 aliphatic heterocycles. The number of nitrogens with zero attached hydrogens (tertiary/aromatic N) is 4. The zero-order valence-electron chi connectivity index (χ0n) is 22.1. The van der Waals surface area contributed by atoms with Crippen molar-refractivity contribution in [2.45, 2.75) is 31.8 Å². The van der Waals surface area contributed by atoms with Gasteiger partial charge >= 0.3 is 0 Å². The number of halogens is 1. The van der Waals surface area contributed by atoms with Gasteiger partial charge in [-0.05, 0) is 79.9 Å². The van der Waals surface area contributed by atoms with Gasteiger partial charge in [-0.15, -0.1) is 0 Å². The van der Waals surface area contributed by atoms with Crippen molar-refractivity contribution in [3.63, 3.8) is 0 Å². The number of hydrogen-bond acceptors (Lipinski definition) is 6. The lowest BCUT2D eigenvalue weighted by Gasteiger charge is -2.37. The molecular formula is C30H35FN6O. The number of nitrogens with two attached hydrogens (primary N) is 1. The first-order valence-corrected chi connectivity index (χ1v) is 13.5. The Bertz CT molecular complexity index is 1380. The normalized spacial score (nSPS) is 18.0. The first-order valence-electron chi connectivity index (χ1n) is 13.5. The number of nitrogens with one attached hydrogen (secondary N) is 1. The van der Waals surface area contributed by atoms with Crippen molar-refractivity contribution in [3.05, 3.63) is 65.1 Å². The van der Waals surface area contributed by atoms with E-state index in [0.717, 1.165) is 61.9 Å². The summed E-state index contributed by atoms with van der Waals surface area (Å²) in [6, 6.07) is 14.5. The maximum absolute atomic E-state index is 15.3. The van der Waals surface area contributed by atoms with Gasteiger partial charge in [0.2, 0.25) is 5.95 Å². The number of amides is 1. The van der Waals surface area contributed by atoms with Crippen LogP contribution in [0.25, 0.3) is 22.3 Å². The zero-order valence-corrected chi connectivity index (χ0v) is 22.1. The molecule has 0 spiro atoms. The predicted octanol–water partition coefficient (Wildman–Crippen LogP) is 3.77. The van der Waals surface area contributed by atoms with Crippen molar-refractivity contribution >= 4 is 17.4 Å². The number of pyridine rings is 1. The molecule has 1 saturated carbocycles. The maximum atomic E-state index is 15.3. The molecule has 1 saturated heterocycles. The van der Waals surface area contributed by atoms with Gasteiger partial charge in [0.15, 0.2) is 0 Å². The van der Waals surface area contributed by atoms with Gasteiger partial charge in [0, 0.05) is 67.7 Å². The number of rotatable bonds is 6. The van der Waals surface area contributed by atoms with Crippen LogP contribution in [0, 0.1) is 5.95 Å². The van der Waals surface area contributed by atoms with E-state index in [1.165, 1.54) is 24.1 Å². The highest BCUT2D eigenvalue weighted by Gasteiger charge is 2.31. The summed E-state index contributed by atoms with van der Waals surface area (Å²) in [5, 5.41) is 2.87. The number of carbonyl (C=O) groups excluding carboxylic acids is 1. The Labute approximate surface area is 223 Å². The van der Waals surface area contributed by atoms with E-state index in [2.05, 4.69) is 51.2 Å². The second-order valence-corrected chi connectivity index (χ2v) is 11.0. The monoisotopic (exact) mass is 514 g/mol. The van der Waals surface area contributed by atoms with Gasteiger partial charge in [-0.3, -0.25) is 9.69 Å². The quantitative estimate of drug-likeness (QED) is 0.488. The van der Waals surface area contributed by atoms with E-state index in [-0.39, 0.29) is 11.7 Å². The number of aromatic nitrogens is 1. The first kappa shape index (κ1) is 24.8. The van der Waals surface area contributed by atoms with E-state index in [1.807, 2.05) is 24.3 Å². The van der Waals surface area contributed by atoms with Gasteiger partial charge in [-0.25, -0.2) is 4.98 Å². The molecule has 1 amide bonds. The lowest BCUT2D eigenvalue weighted by atomic mass is 9.93. The maximum Gasteiger partial charge on any atom is 0.251 e. The molecule has 7 nitrogen and oxygen atoms in total. The highest BCUT2D eigenvalue weighted by molar-refractivity contribution is 5.97. The molecule has 38 heavy (non-hydrogen) atoms. The summed E-state index contributed by atoms with van der Waals surface area (Å²) in [6.45, 7) is 5.57. The number of fused-ring (bicyclic) bond motifs is 1. The van der Waals surface area contributed by atoms with E-state index in [0.29, 0.717) is 23.2 Å². The zero-order chi connectivity index (χ0) is 26.4. The Morgan fingerprint density at radius 2 is 1.74 bits per heavy atom. The third kappa shape index (κ3) is 4.86. The molecule has 2 aromatic carbocycles. The molecule has 0 unspecified atom stereocenters. The minimum absolute atomic E-state index is 0.0637. The first-order chi connectivity index (χ1) is 18.4. The minimum Gasteiger partial charge on any atom is -0.383 e. The molecule has 2 fully saturated rings. The van der Waals surface area contributed by atoms with Gasteiger partial charge in [-0.2, -0.15) is 4.39 Å². The summed E-state index contributed by atoms with van der Waals surface area (Å²) in [6.07, 6.45) is 3.43. The lowest BCUT2D eigenvalue weighted by molar-refractivity contribution is 0.0946. The van der Waals surface area contributed by atoms with Crippen LogP contribution in [-0.4, -0.2) is 73.6 Å². The number of anilines is 2. The Hall–Kier alpha value is -3.49. The van der Waals surface area contributed by atoms with Crippen LogP contribution in [0.1, 0.15) is 34.3 Å². The van der Waals surface area contributed by atoms with Crippen LogP contribution in [0.5, 0.6) is 0 Å². The van der Waals surface area contributed by atoms with Crippen LogP contribution < -0.4 is 16.0 Å². The van der Waals surface area contributed by atoms with Crippen molar-refractivity contribution in [2.24, 2.45) is 0 Å². The fourth-order valence-electron chi connectivity index (χ4n) is 5.83. The molecule has 3 aliphatic rings. The van der Waals surface area contributed by atoms with Crippen molar-refractivity contribution < 1.29 is 9.18 Å². The molecule has 0 bridgehead atoms. The van der Waals surface area contributed by atoms with Gasteiger partial charge < -0.3 is 20.9 Å². The average molecular weight is 515 g/mol. The fraction of sp³-hybridized carbons (Fsp3) is 0.400. The Morgan fingerprint density at radius 3 is 2.47 bits per heavy atom. The smallest absolute Gasteiger partial charge is 0.251 e. The molecule has 198 valence electrons. The number of nitrogen functional groups attached to an aromatic ring is 1. The van der Waals surface area contributed by atoms with E-state index < -0.39 is 5.95 Å². The average Bonchev–Trinajstić information content (AvgIpc) is 3.74. The minimum atomic E-state index is -0.579. The molecule has 1 aliphatic carbocycles. The van der Waals surface area contributed by atoms with E-state index in [9.17, 15) is 4.79 Å². The summed E-state index contributed by atoms with van der Waals surface area (Å²) in [5.74, 6) is -0.499. The molecular weight excluding hydrogens is 479 g/mol. The molecule has 1 aromatic heterocycles. The largest absolute Gasteiger partial charge is 0.383 e. The summed E-state index contributed by atoms with van der Waals surface area (Å²) >= 11 is 0. The van der Waals surface area contributed by atoms with Crippen molar-refractivity contribution in [3.8, 4) is 22.3 Å². The summed E-state index contributed by atoms with van der Waals surface area (Å²) in [4.78, 5) is 23.5. The summed E-state index contributed by atoms with van der Waals surface area (Å²) < 4.78 is 15.3. The van der Waals surface area contributed by atoms with Crippen LogP contribution in [-0.2, 0) is 13.0 Å². The van der Waals surface area contributed by atoms with Gasteiger partial charge in [0.25, 0.3) is 5.91 Å². The second kappa shape index (κ2) is 10.0. The molecule has 3 N–H and O–H groups in total. The van der Waals surface area contributed by atoms with E-state index in [1.54, 1.807) is 6.07 Å². The summed E-state index contributed by atoms with van der Waals surface area (Å²) in [5.41, 5.74) is 13.0. The number of carbonyl (C=O) groups is 1. The van der Waals surface area contributed by atoms with Crippen LogP contribution in [0.4, 0.5) is 15.9 Å². The standard InChI is InChI=1S/C30H35FN6O/c1-35(2)18-22-16-19(4-8-27(22)37-13-11-36(12-14-37)23-5-6-23)25-17-26(29(32)34-28(25)31)20-3-7-24-21(15-20)9-10-33-30(24)38/h3-4,7-8,15-17,23H,5-6,9-14,18H2,1-2H3,(H2,32,34)(H,33,38).